The Morgan fingerprint density at radius 2 is 1.44 bits per heavy atom. The Hall–Kier alpha value is -3.27. The molecule has 2 aromatic carbocycles. The minimum atomic E-state index is -0.311. The van der Waals surface area contributed by atoms with E-state index in [0.717, 1.165) is 64.8 Å². The summed E-state index contributed by atoms with van der Waals surface area (Å²) in [5, 5.41) is 9.04. The van der Waals surface area contributed by atoms with Gasteiger partial charge in [0.1, 0.15) is 17.7 Å². The highest BCUT2D eigenvalue weighted by Gasteiger charge is 2.31. The number of aromatic amines is 2. The lowest BCUT2D eigenvalue weighted by Gasteiger charge is -2.15. The molecule has 0 spiro atoms. The molecule has 2 aliphatic heterocycles. The molecule has 0 aliphatic carbocycles. The second-order valence-corrected chi connectivity index (χ2v) is 11.0. The summed E-state index contributed by atoms with van der Waals surface area (Å²) in [7, 11) is 1.73. The topological polar surface area (TPSA) is 91.2 Å². The van der Waals surface area contributed by atoms with Gasteiger partial charge in [-0.15, -0.1) is 0 Å². The number of hydrogen-bond donors (Lipinski definition) is 4. The van der Waals surface area contributed by atoms with Gasteiger partial charge in [0.05, 0.1) is 18.0 Å². The summed E-state index contributed by atoms with van der Waals surface area (Å²) >= 11 is 0. The second kappa shape index (κ2) is 10.7. The standard InChI is InChI=1S/C30H34F2N4O3/c1-16(37)39-22-10-21(34-14-22)12-26-24-6-4-19(32)9-28(24)36-30(26)29-25(11-20-7-17(13-33-20)15-38-2)23-5-3-18(31)8-27(23)35-29/h3-6,8-9,17,20-22,33-36H,7,10-15H2,1-2H3/t17-,20-,21-,22-/m0/s1. The molecule has 4 heterocycles. The largest absolute Gasteiger partial charge is 0.461 e. The van der Waals surface area contributed by atoms with Gasteiger partial charge in [0.15, 0.2) is 0 Å². The first-order valence-corrected chi connectivity index (χ1v) is 13.6. The Bertz CT molecular complexity index is 1510. The summed E-state index contributed by atoms with van der Waals surface area (Å²) in [6, 6.07) is 10.0. The van der Waals surface area contributed by atoms with Gasteiger partial charge in [-0.05, 0) is 72.7 Å². The van der Waals surface area contributed by atoms with Crippen LogP contribution in [0.25, 0.3) is 33.2 Å². The van der Waals surface area contributed by atoms with Crippen LogP contribution in [0.5, 0.6) is 0 Å². The van der Waals surface area contributed by atoms with Crippen molar-refractivity contribution in [2.24, 2.45) is 5.92 Å². The lowest BCUT2D eigenvalue weighted by Crippen LogP contribution is -2.24. The van der Waals surface area contributed by atoms with Crippen molar-refractivity contribution in [3.8, 4) is 11.4 Å². The molecule has 2 saturated heterocycles. The van der Waals surface area contributed by atoms with E-state index in [0.29, 0.717) is 30.8 Å². The number of nitrogens with one attached hydrogen (secondary N) is 4. The van der Waals surface area contributed by atoms with Gasteiger partial charge < -0.3 is 30.1 Å². The van der Waals surface area contributed by atoms with Gasteiger partial charge in [0, 0.05) is 67.4 Å². The molecule has 4 atom stereocenters. The highest BCUT2D eigenvalue weighted by atomic mass is 19.1. The van der Waals surface area contributed by atoms with Crippen LogP contribution < -0.4 is 10.6 Å². The maximum Gasteiger partial charge on any atom is 0.302 e. The fourth-order valence-electron chi connectivity index (χ4n) is 6.48. The SMILES string of the molecule is COC[C@@H]1CN[C@H](Cc2c(-c3[nH]c4cc(F)ccc4c3C[C@@H]3C[C@H](OC(C)=O)CN3)[nH]c3cc(F)ccc23)C1. The molecule has 39 heavy (non-hydrogen) atoms. The molecular weight excluding hydrogens is 502 g/mol. The number of H-pyrrole nitrogens is 2. The van der Waals surface area contributed by atoms with Gasteiger partial charge in [-0.3, -0.25) is 4.79 Å². The Morgan fingerprint density at radius 1 is 0.872 bits per heavy atom. The lowest BCUT2D eigenvalue weighted by molar-refractivity contribution is -0.145. The van der Waals surface area contributed by atoms with Crippen LogP contribution >= 0.6 is 0 Å². The molecule has 0 saturated carbocycles. The zero-order valence-corrected chi connectivity index (χ0v) is 22.2. The second-order valence-electron chi connectivity index (χ2n) is 11.0. The van der Waals surface area contributed by atoms with Crippen LogP contribution in [0.15, 0.2) is 36.4 Å². The van der Waals surface area contributed by atoms with Crippen molar-refractivity contribution in [1.29, 1.82) is 0 Å². The highest BCUT2D eigenvalue weighted by Crippen LogP contribution is 2.38. The zero-order valence-electron chi connectivity index (χ0n) is 22.2. The first kappa shape index (κ1) is 26.0. The molecule has 2 fully saturated rings. The van der Waals surface area contributed by atoms with E-state index in [4.69, 9.17) is 9.47 Å². The molecule has 4 N–H and O–H groups in total. The van der Waals surface area contributed by atoms with E-state index in [9.17, 15) is 13.6 Å². The number of carbonyl (C=O) groups excluding carboxylic acids is 1. The summed E-state index contributed by atoms with van der Waals surface area (Å²) in [5.74, 6) is -0.439. The molecule has 2 aliphatic rings. The van der Waals surface area contributed by atoms with Gasteiger partial charge in [-0.1, -0.05) is 0 Å². The average molecular weight is 537 g/mol. The van der Waals surface area contributed by atoms with Crippen LogP contribution in [0.4, 0.5) is 8.78 Å². The Labute approximate surface area is 225 Å². The maximum atomic E-state index is 14.3. The van der Waals surface area contributed by atoms with E-state index < -0.39 is 0 Å². The van der Waals surface area contributed by atoms with Crippen LogP contribution in [0.2, 0.25) is 0 Å². The highest BCUT2D eigenvalue weighted by molar-refractivity contribution is 5.96. The number of aromatic nitrogens is 2. The maximum absolute atomic E-state index is 14.3. The summed E-state index contributed by atoms with van der Waals surface area (Å²) in [5.41, 5.74) is 5.38. The summed E-state index contributed by atoms with van der Waals surface area (Å²) in [6.07, 6.45) is 2.96. The number of halogens is 2. The van der Waals surface area contributed by atoms with Gasteiger partial charge in [-0.2, -0.15) is 0 Å². The third-order valence-corrected chi connectivity index (χ3v) is 8.12. The predicted octanol–water partition coefficient (Wildman–Crippen LogP) is 4.60. The smallest absolute Gasteiger partial charge is 0.302 e. The number of methoxy groups -OCH3 is 1. The van der Waals surface area contributed by atoms with E-state index in [1.54, 1.807) is 7.11 Å². The van der Waals surface area contributed by atoms with Gasteiger partial charge in [0.2, 0.25) is 0 Å². The summed E-state index contributed by atoms with van der Waals surface area (Å²) in [4.78, 5) is 18.5. The normalized spacial score (nSPS) is 23.3. The number of hydrogen-bond acceptors (Lipinski definition) is 5. The molecule has 7 nitrogen and oxygen atoms in total. The Balaban J connectivity index is 1.41. The Morgan fingerprint density at radius 3 is 2.00 bits per heavy atom. The van der Waals surface area contributed by atoms with Crippen LogP contribution in [0, 0.1) is 17.6 Å². The monoisotopic (exact) mass is 536 g/mol. The average Bonchev–Trinajstić information content (AvgIpc) is 3.66. The molecular formula is C30H34F2N4O3. The summed E-state index contributed by atoms with van der Waals surface area (Å²) in [6.45, 7) is 3.65. The molecule has 206 valence electrons. The lowest BCUT2D eigenvalue weighted by atomic mass is 9.94. The van der Waals surface area contributed by atoms with Crippen molar-refractivity contribution in [2.75, 3.05) is 26.8 Å². The van der Waals surface area contributed by atoms with E-state index in [1.807, 2.05) is 12.1 Å². The molecule has 2 aromatic heterocycles. The number of rotatable bonds is 8. The van der Waals surface area contributed by atoms with Crippen molar-refractivity contribution in [1.82, 2.24) is 20.6 Å². The minimum absolute atomic E-state index is 0.0914. The molecule has 0 radical (unpaired) electrons. The van der Waals surface area contributed by atoms with Crippen LogP contribution in [0.1, 0.15) is 30.9 Å². The number of esters is 1. The van der Waals surface area contributed by atoms with E-state index in [2.05, 4.69) is 20.6 Å². The van der Waals surface area contributed by atoms with Crippen LogP contribution in [-0.4, -0.2) is 60.9 Å². The number of benzene rings is 2. The molecule has 0 unspecified atom stereocenters. The van der Waals surface area contributed by atoms with Crippen LogP contribution in [-0.2, 0) is 27.1 Å². The van der Waals surface area contributed by atoms with E-state index >= 15 is 0 Å². The number of carbonyl (C=O) groups is 1. The number of fused-ring (bicyclic) bond motifs is 2. The predicted molar refractivity (Wildman–Crippen MR) is 147 cm³/mol. The molecule has 9 heteroatoms. The fourth-order valence-corrected chi connectivity index (χ4v) is 6.48. The van der Waals surface area contributed by atoms with Crippen molar-refractivity contribution in [2.45, 2.75) is 50.8 Å². The van der Waals surface area contributed by atoms with Gasteiger partial charge in [-0.25, -0.2) is 8.78 Å². The third kappa shape index (κ3) is 5.31. The first-order chi connectivity index (χ1) is 18.9. The van der Waals surface area contributed by atoms with Crippen molar-refractivity contribution < 1.29 is 23.0 Å². The first-order valence-electron chi connectivity index (χ1n) is 13.6. The van der Waals surface area contributed by atoms with Crippen molar-refractivity contribution in [3.63, 3.8) is 0 Å². The third-order valence-electron chi connectivity index (χ3n) is 8.12. The van der Waals surface area contributed by atoms with E-state index in [1.165, 1.54) is 31.2 Å². The minimum Gasteiger partial charge on any atom is -0.461 e. The van der Waals surface area contributed by atoms with Gasteiger partial charge >= 0.3 is 5.97 Å². The van der Waals surface area contributed by atoms with Crippen LogP contribution in [0.3, 0.4) is 0 Å². The quantitative estimate of drug-likeness (QED) is 0.247. The Kier molecular flexibility index (Phi) is 7.14. The number of ether oxygens (including phenoxy) is 2. The fraction of sp³-hybridized carbons (Fsp3) is 0.433. The molecule has 6 rings (SSSR count). The molecule has 0 amide bonds. The van der Waals surface area contributed by atoms with Crippen molar-refractivity contribution >= 4 is 27.8 Å². The van der Waals surface area contributed by atoms with Gasteiger partial charge in [0.25, 0.3) is 0 Å². The van der Waals surface area contributed by atoms with E-state index in [-0.39, 0.29) is 35.8 Å². The van der Waals surface area contributed by atoms with Crippen molar-refractivity contribution in [3.05, 3.63) is 59.2 Å². The summed E-state index contributed by atoms with van der Waals surface area (Å²) < 4.78 is 39.4. The molecule has 4 aromatic rings. The zero-order chi connectivity index (χ0) is 27.1. The molecule has 0 bridgehead atoms.